The van der Waals surface area contributed by atoms with Crippen LogP contribution in [0.1, 0.15) is 104 Å². The first-order chi connectivity index (χ1) is 36.9. The number of carbonyl (C=O) groups is 6. The maximum absolute atomic E-state index is 11.7. The van der Waals surface area contributed by atoms with Gasteiger partial charge in [0.1, 0.15) is 0 Å². The summed E-state index contributed by atoms with van der Waals surface area (Å²) in [5.74, 6) is -2.54. The van der Waals surface area contributed by atoms with E-state index in [1.165, 1.54) is 37.2 Å². The van der Waals surface area contributed by atoms with Gasteiger partial charge in [0.15, 0.2) is 0 Å². The number of hydrogen-bond donors (Lipinski definition) is 0. The number of nitrogens with zero attached hydrogens (tertiary/aromatic N) is 6. The fraction of sp³-hybridized carbons (Fsp3) is 0.250. The molecule has 0 spiro atoms. The van der Waals surface area contributed by atoms with Gasteiger partial charge in [-0.05, 0) is 114 Å². The zero-order valence-corrected chi connectivity index (χ0v) is 46.5. The Balaban J connectivity index is 0.000000539. The molecule has 6 rings (SSSR count). The third kappa shape index (κ3) is 31.7. The van der Waals surface area contributed by atoms with E-state index in [0.717, 1.165) is 0 Å². The molecule has 81 heavy (non-hydrogen) atoms. The van der Waals surface area contributed by atoms with Gasteiger partial charge in [-0.25, -0.2) is 28.8 Å². The minimum atomic E-state index is -10.7. The predicted molar refractivity (Wildman–Crippen MR) is 265 cm³/mol. The van der Waals surface area contributed by atoms with Gasteiger partial charge >= 0.3 is 121 Å². The summed E-state index contributed by atoms with van der Waals surface area (Å²) in [6.07, 6.45) is 9.00. The average Bonchev–Trinajstić information content (AvgIpc) is 3.38. The van der Waals surface area contributed by atoms with Crippen LogP contribution in [0.5, 0.6) is 0 Å². The van der Waals surface area contributed by atoms with Crippen molar-refractivity contribution in [1.82, 2.24) is 29.9 Å². The standard InChI is InChI=1S/3C16H16N2O4.2F6P.Ru/c3*1-3-21-15(19)11-5-7-17-13(9-11)14-10-12(6-8-18-14)16(20)22-4-2;2*1-7(2,3,4,5)6;/h3*5-10H,3-4H2,1-2H3;;;/q;;;2*-1;+2. The molecule has 6 aromatic heterocycles. The predicted octanol–water partition coefficient (Wildman–Crippen LogP) is 14.3. The minimum absolute atomic E-state index is 0. The van der Waals surface area contributed by atoms with E-state index >= 15 is 0 Å². The molecular weight excluding hydrogens is 1240 g/mol. The van der Waals surface area contributed by atoms with Crippen molar-refractivity contribution < 1.29 is 127 Å². The van der Waals surface area contributed by atoms with Crippen molar-refractivity contribution in [3.8, 4) is 34.2 Å². The normalized spacial score (nSPS) is 12.2. The van der Waals surface area contributed by atoms with Gasteiger partial charge in [-0.2, -0.15) is 0 Å². The second-order valence-electron chi connectivity index (χ2n) is 14.8. The SMILES string of the molecule is CCOC(=O)c1ccnc(-c2cc(C(=O)OCC)ccn2)c1.CCOC(=O)c1ccnc(-c2cc(C(=O)OCC)ccn2)c1.CCOC(=O)c1ccnc(-c2cc(C(=O)OCC)ccn2)c1.F[P-](F)(F)(F)(F)F.F[P-](F)(F)(F)(F)F.[Ru+2]. The molecule has 6 heterocycles. The summed E-state index contributed by atoms with van der Waals surface area (Å²) in [6.45, 7) is 12.2. The van der Waals surface area contributed by atoms with Crippen LogP contribution >= 0.6 is 15.6 Å². The molecular formula is C48H48F12N6O12P2Ru. The summed E-state index contributed by atoms with van der Waals surface area (Å²) in [7, 11) is -21.3. The van der Waals surface area contributed by atoms with Gasteiger partial charge < -0.3 is 28.4 Å². The molecule has 33 heteroatoms. The van der Waals surface area contributed by atoms with Crippen LogP contribution in [0.4, 0.5) is 50.4 Å². The molecule has 0 aliphatic heterocycles. The van der Waals surface area contributed by atoms with E-state index in [1.54, 1.807) is 114 Å². The van der Waals surface area contributed by atoms with E-state index in [9.17, 15) is 79.1 Å². The second kappa shape index (κ2) is 29.2. The smallest absolute Gasteiger partial charge is 2.00 e. The van der Waals surface area contributed by atoms with Crippen molar-refractivity contribution in [3.05, 3.63) is 143 Å². The first-order valence-electron chi connectivity index (χ1n) is 22.8. The monoisotopic (exact) mass is 1290 g/mol. The molecule has 0 saturated carbocycles. The second-order valence-corrected chi connectivity index (χ2v) is 18.7. The van der Waals surface area contributed by atoms with Crippen molar-refractivity contribution in [2.24, 2.45) is 0 Å². The maximum Gasteiger partial charge on any atom is 2.00 e. The zero-order valence-electron chi connectivity index (χ0n) is 43.0. The summed E-state index contributed by atoms with van der Waals surface area (Å²) < 4.78 is 148. The molecule has 0 amide bonds. The van der Waals surface area contributed by atoms with E-state index in [-0.39, 0.29) is 19.5 Å². The average molecular weight is 1290 g/mol. The fourth-order valence-corrected chi connectivity index (χ4v) is 5.47. The molecule has 0 N–H and O–H groups in total. The van der Waals surface area contributed by atoms with Gasteiger partial charge in [0.05, 0.1) is 107 Å². The van der Waals surface area contributed by atoms with Crippen LogP contribution in [-0.4, -0.2) is 105 Å². The molecule has 0 aliphatic carbocycles. The fourth-order valence-electron chi connectivity index (χ4n) is 5.47. The molecule has 18 nitrogen and oxygen atoms in total. The van der Waals surface area contributed by atoms with Crippen LogP contribution in [0.3, 0.4) is 0 Å². The van der Waals surface area contributed by atoms with Gasteiger partial charge in [-0.1, -0.05) is 0 Å². The summed E-state index contributed by atoms with van der Waals surface area (Å²) >= 11 is 0. The zero-order chi connectivity index (χ0) is 60.7. The third-order valence-electron chi connectivity index (χ3n) is 8.41. The molecule has 444 valence electrons. The molecule has 0 fully saturated rings. The van der Waals surface area contributed by atoms with Gasteiger partial charge in [0.25, 0.3) is 0 Å². The van der Waals surface area contributed by atoms with Crippen LogP contribution in [-0.2, 0) is 47.9 Å². The molecule has 0 atom stereocenters. The Morgan fingerprint density at radius 3 is 0.506 bits per heavy atom. The number of hydrogen-bond acceptors (Lipinski definition) is 18. The number of pyridine rings is 6. The first-order valence-corrected chi connectivity index (χ1v) is 26.8. The van der Waals surface area contributed by atoms with E-state index in [4.69, 9.17) is 28.4 Å². The minimum Gasteiger partial charge on any atom is 2.00 e. The summed E-state index contributed by atoms with van der Waals surface area (Å²) in [5, 5.41) is 0. The third-order valence-corrected chi connectivity index (χ3v) is 8.41. The quantitative estimate of drug-likeness (QED) is 0.0305. The van der Waals surface area contributed by atoms with Crippen LogP contribution in [0.15, 0.2) is 110 Å². The number of halogens is 12. The topological polar surface area (TPSA) is 235 Å². The van der Waals surface area contributed by atoms with Gasteiger partial charge in [-0.3, -0.25) is 29.9 Å². The molecule has 0 aliphatic rings. The van der Waals surface area contributed by atoms with E-state index in [2.05, 4.69) is 29.9 Å². The first kappa shape index (κ1) is 71.4. The van der Waals surface area contributed by atoms with Crippen molar-refractivity contribution >= 4 is 51.4 Å². The Labute approximate surface area is 465 Å². The largest absolute Gasteiger partial charge is 2.00 e. The number of esters is 6. The van der Waals surface area contributed by atoms with Crippen molar-refractivity contribution in [2.75, 3.05) is 39.6 Å². The molecule has 0 unspecified atom stereocenters. The summed E-state index contributed by atoms with van der Waals surface area (Å²) in [4.78, 5) is 95.5. The van der Waals surface area contributed by atoms with Crippen molar-refractivity contribution in [3.63, 3.8) is 0 Å². The van der Waals surface area contributed by atoms with Crippen molar-refractivity contribution in [1.29, 1.82) is 0 Å². The van der Waals surface area contributed by atoms with E-state index in [1.807, 2.05) is 0 Å². The van der Waals surface area contributed by atoms with Crippen LogP contribution in [0.25, 0.3) is 34.2 Å². The van der Waals surface area contributed by atoms with Gasteiger partial charge in [0, 0.05) is 37.2 Å². The summed E-state index contributed by atoms with van der Waals surface area (Å²) in [5.41, 5.74) is 5.20. The van der Waals surface area contributed by atoms with Crippen LogP contribution < -0.4 is 0 Å². The van der Waals surface area contributed by atoms with Gasteiger partial charge in [-0.15, -0.1) is 0 Å². The van der Waals surface area contributed by atoms with E-state index in [0.29, 0.717) is 107 Å². The molecule has 0 aromatic carbocycles. The number of ether oxygens (including phenoxy) is 6. The molecule has 0 saturated heterocycles. The van der Waals surface area contributed by atoms with Crippen molar-refractivity contribution in [2.45, 2.75) is 41.5 Å². The Morgan fingerprint density at radius 2 is 0.407 bits per heavy atom. The molecule has 0 bridgehead atoms. The summed E-state index contributed by atoms with van der Waals surface area (Å²) in [6, 6.07) is 18.9. The number of rotatable bonds is 15. The Kier molecular flexibility index (Phi) is 25.7. The Bertz CT molecular complexity index is 2630. The Hall–Kier alpha value is -7.64. The van der Waals surface area contributed by atoms with Crippen LogP contribution in [0.2, 0.25) is 0 Å². The number of carbonyl (C=O) groups excluding carboxylic acids is 6. The number of aromatic nitrogens is 6. The molecule has 0 radical (unpaired) electrons. The maximum atomic E-state index is 11.7. The van der Waals surface area contributed by atoms with Crippen LogP contribution in [0, 0.1) is 0 Å². The Morgan fingerprint density at radius 1 is 0.296 bits per heavy atom. The molecule has 6 aromatic rings. The van der Waals surface area contributed by atoms with Gasteiger partial charge in [0.2, 0.25) is 0 Å². The van der Waals surface area contributed by atoms with E-state index < -0.39 is 51.4 Å².